The summed E-state index contributed by atoms with van der Waals surface area (Å²) in [6.07, 6.45) is 14.2. The number of rotatable bonds is 12. The Balaban J connectivity index is 1.37. The molecule has 1 N–H and O–H groups in total. The van der Waals surface area contributed by atoms with Crippen LogP contribution in [0.5, 0.6) is 0 Å². The fourth-order valence-corrected chi connectivity index (χ4v) is 3.87. The highest BCUT2D eigenvalue weighted by atomic mass is 16.5. The molecule has 0 radical (unpaired) electrons. The van der Waals surface area contributed by atoms with E-state index in [0.29, 0.717) is 5.92 Å². The number of hydrogen-bond donors (Lipinski definition) is 1. The van der Waals surface area contributed by atoms with Crippen molar-refractivity contribution in [3.8, 4) is 11.4 Å². The second-order valence-electron chi connectivity index (χ2n) is 8.00. The van der Waals surface area contributed by atoms with Gasteiger partial charge in [0.2, 0.25) is 11.7 Å². The summed E-state index contributed by atoms with van der Waals surface area (Å²) >= 11 is 0. The second kappa shape index (κ2) is 11.2. The van der Waals surface area contributed by atoms with E-state index in [1.54, 1.807) is 0 Å². The molecule has 1 atom stereocenters. The van der Waals surface area contributed by atoms with Crippen LogP contribution in [0, 0.1) is 5.92 Å². The molecule has 0 saturated carbocycles. The molecule has 0 aliphatic carbocycles. The van der Waals surface area contributed by atoms with Gasteiger partial charge >= 0.3 is 0 Å². The summed E-state index contributed by atoms with van der Waals surface area (Å²) in [5.41, 5.74) is 2.46. The van der Waals surface area contributed by atoms with Crippen LogP contribution in [-0.4, -0.2) is 23.2 Å². The maximum Gasteiger partial charge on any atom is 0.227 e. The zero-order chi connectivity index (χ0) is 18.7. The molecule has 1 saturated heterocycles. The number of aromatic nitrogens is 2. The van der Waals surface area contributed by atoms with Gasteiger partial charge in [0.05, 0.1) is 0 Å². The van der Waals surface area contributed by atoms with E-state index in [1.165, 1.54) is 69.8 Å². The summed E-state index contributed by atoms with van der Waals surface area (Å²) in [6.45, 7) is 4.44. The van der Waals surface area contributed by atoms with Crippen LogP contribution in [0.1, 0.15) is 76.2 Å². The van der Waals surface area contributed by atoms with Crippen LogP contribution >= 0.6 is 0 Å². The van der Waals surface area contributed by atoms with Gasteiger partial charge in [-0.05, 0) is 43.8 Å². The Bertz CT molecular complexity index is 644. The molecule has 1 aliphatic heterocycles. The molecule has 0 unspecified atom stereocenters. The number of unbranched alkanes of at least 4 members (excludes halogenated alkanes) is 7. The van der Waals surface area contributed by atoms with Crippen LogP contribution in [0.4, 0.5) is 0 Å². The number of benzene rings is 1. The van der Waals surface area contributed by atoms with Gasteiger partial charge in [-0.15, -0.1) is 0 Å². The van der Waals surface area contributed by atoms with Crippen LogP contribution in [-0.2, 0) is 12.8 Å². The third-order valence-corrected chi connectivity index (χ3v) is 5.62. The molecule has 3 rings (SSSR count). The standard InChI is InChI=1S/C23H35N3O/c1-2-3-4-5-6-7-8-9-10-19-11-13-21(14-12-19)23-25-22(27-26-23)17-20-15-16-24-18-20/h11-14,20,24H,2-10,15-18H2,1H3/t20-/m0/s1. The minimum absolute atomic E-state index is 0.632. The minimum Gasteiger partial charge on any atom is -0.339 e. The summed E-state index contributed by atoms with van der Waals surface area (Å²) in [5, 5.41) is 7.55. The second-order valence-corrected chi connectivity index (χ2v) is 8.00. The molecular weight excluding hydrogens is 334 g/mol. The highest BCUT2D eigenvalue weighted by molar-refractivity contribution is 5.54. The Kier molecular flexibility index (Phi) is 8.34. The van der Waals surface area contributed by atoms with Crippen molar-refractivity contribution in [2.45, 2.75) is 77.6 Å². The normalized spacial score (nSPS) is 16.9. The molecule has 27 heavy (non-hydrogen) atoms. The van der Waals surface area contributed by atoms with Gasteiger partial charge in [-0.25, -0.2) is 0 Å². The van der Waals surface area contributed by atoms with E-state index < -0.39 is 0 Å². The van der Waals surface area contributed by atoms with Crippen molar-refractivity contribution in [2.75, 3.05) is 13.1 Å². The Morgan fingerprint density at radius 2 is 1.74 bits per heavy atom. The zero-order valence-electron chi connectivity index (χ0n) is 16.9. The number of nitrogens with one attached hydrogen (secondary N) is 1. The van der Waals surface area contributed by atoms with Crippen LogP contribution in [0.25, 0.3) is 11.4 Å². The average Bonchev–Trinajstić information content (AvgIpc) is 3.37. The van der Waals surface area contributed by atoms with Crippen molar-refractivity contribution in [3.05, 3.63) is 35.7 Å². The molecule has 0 amide bonds. The molecule has 0 spiro atoms. The Morgan fingerprint density at radius 1 is 1.00 bits per heavy atom. The summed E-state index contributed by atoms with van der Waals surface area (Å²) in [4.78, 5) is 4.59. The summed E-state index contributed by atoms with van der Waals surface area (Å²) in [5.74, 6) is 2.11. The molecule has 1 fully saturated rings. The van der Waals surface area contributed by atoms with Gasteiger partial charge in [-0.2, -0.15) is 4.98 Å². The first-order valence-electron chi connectivity index (χ1n) is 11.0. The molecule has 1 aromatic heterocycles. The van der Waals surface area contributed by atoms with Crippen molar-refractivity contribution in [1.82, 2.24) is 15.5 Å². The number of hydrogen-bond acceptors (Lipinski definition) is 4. The Morgan fingerprint density at radius 3 is 2.44 bits per heavy atom. The van der Waals surface area contributed by atoms with E-state index >= 15 is 0 Å². The maximum atomic E-state index is 5.45. The third-order valence-electron chi connectivity index (χ3n) is 5.62. The Hall–Kier alpha value is -1.68. The van der Waals surface area contributed by atoms with E-state index in [4.69, 9.17) is 4.52 Å². The minimum atomic E-state index is 0.632. The van der Waals surface area contributed by atoms with Gasteiger partial charge in [0, 0.05) is 12.0 Å². The average molecular weight is 370 g/mol. The lowest BCUT2D eigenvalue weighted by Crippen LogP contribution is -2.10. The van der Waals surface area contributed by atoms with Crippen molar-refractivity contribution < 1.29 is 4.52 Å². The molecule has 1 aromatic carbocycles. The summed E-state index contributed by atoms with van der Waals surface area (Å²) in [7, 11) is 0. The lowest BCUT2D eigenvalue weighted by Gasteiger charge is -2.03. The van der Waals surface area contributed by atoms with E-state index in [1.807, 2.05) is 0 Å². The first kappa shape index (κ1) is 20.1. The van der Waals surface area contributed by atoms with Crippen molar-refractivity contribution in [2.24, 2.45) is 5.92 Å². The zero-order valence-corrected chi connectivity index (χ0v) is 16.9. The first-order chi connectivity index (χ1) is 13.3. The quantitative estimate of drug-likeness (QED) is 0.497. The van der Waals surface area contributed by atoms with Crippen LogP contribution in [0.2, 0.25) is 0 Å². The molecule has 2 heterocycles. The number of nitrogens with zero attached hydrogens (tertiary/aromatic N) is 2. The molecule has 4 heteroatoms. The first-order valence-corrected chi connectivity index (χ1v) is 11.0. The maximum absolute atomic E-state index is 5.45. The van der Waals surface area contributed by atoms with Gasteiger partial charge in [-0.1, -0.05) is 81.3 Å². The Labute approximate surface area is 164 Å². The summed E-state index contributed by atoms with van der Waals surface area (Å²) < 4.78 is 5.45. The highest BCUT2D eigenvalue weighted by Gasteiger charge is 2.18. The lowest BCUT2D eigenvalue weighted by molar-refractivity contribution is 0.358. The van der Waals surface area contributed by atoms with Gasteiger partial charge < -0.3 is 9.84 Å². The van der Waals surface area contributed by atoms with Gasteiger partial charge in [0.15, 0.2) is 0 Å². The monoisotopic (exact) mass is 369 g/mol. The van der Waals surface area contributed by atoms with Crippen LogP contribution < -0.4 is 5.32 Å². The van der Waals surface area contributed by atoms with Gasteiger partial charge in [-0.3, -0.25) is 0 Å². The topological polar surface area (TPSA) is 51.0 Å². The predicted molar refractivity (Wildman–Crippen MR) is 111 cm³/mol. The molecule has 0 bridgehead atoms. The highest BCUT2D eigenvalue weighted by Crippen LogP contribution is 2.20. The van der Waals surface area contributed by atoms with Crippen LogP contribution in [0.15, 0.2) is 28.8 Å². The van der Waals surface area contributed by atoms with Crippen LogP contribution in [0.3, 0.4) is 0 Å². The molecule has 1 aliphatic rings. The fourth-order valence-electron chi connectivity index (χ4n) is 3.87. The SMILES string of the molecule is CCCCCCCCCCc1ccc(-c2noc(C[C@@H]3CCNC3)n2)cc1. The largest absolute Gasteiger partial charge is 0.339 e. The van der Waals surface area contributed by atoms with E-state index in [2.05, 4.69) is 46.6 Å². The molecule has 4 nitrogen and oxygen atoms in total. The fraction of sp³-hybridized carbons (Fsp3) is 0.652. The third kappa shape index (κ3) is 6.76. The van der Waals surface area contributed by atoms with Crippen molar-refractivity contribution >= 4 is 0 Å². The van der Waals surface area contributed by atoms with Gasteiger partial charge in [0.1, 0.15) is 0 Å². The van der Waals surface area contributed by atoms with E-state index in [-0.39, 0.29) is 0 Å². The lowest BCUT2D eigenvalue weighted by atomic mass is 10.0. The smallest absolute Gasteiger partial charge is 0.227 e. The molecule has 148 valence electrons. The van der Waals surface area contributed by atoms with Gasteiger partial charge in [0.25, 0.3) is 0 Å². The van der Waals surface area contributed by atoms with Crippen molar-refractivity contribution in [3.63, 3.8) is 0 Å². The van der Waals surface area contributed by atoms with E-state index in [9.17, 15) is 0 Å². The number of aryl methyl sites for hydroxylation is 1. The summed E-state index contributed by atoms with van der Waals surface area (Å²) in [6, 6.07) is 8.69. The predicted octanol–water partition coefficient (Wildman–Crippen LogP) is 5.57. The van der Waals surface area contributed by atoms with E-state index in [0.717, 1.165) is 36.8 Å². The van der Waals surface area contributed by atoms with Crippen molar-refractivity contribution in [1.29, 1.82) is 0 Å². The molecule has 2 aromatic rings. The molecular formula is C23H35N3O.